The highest BCUT2D eigenvalue weighted by Gasteiger charge is 2.15. The van der Waals surface area contributed by atoms with Gasteiger partial charge in [-0.05, 0) is 32.7 Å². The molecule has 17 heavy (non-hydrogen) atoms. The lowest BCUT2D eigenvalue weighted by molar-refractivity contribution is 0.343. The molecule has 1 aliphatic heterocycles. The number of nitrogens with zero attached hydrogens (tertiary/aromatic N) is 2. The van der Waals surface area contributed by atoms with Crippen LogP contribution in [0.4, 0.5) is 0 Å². The Morgan fingerprint density at radius 2 is 2.47 bits per heavy atom. The predicted octanol–water partition coefficient (Wildman–Crippen LogP) is 1.43. The molecule has 2 N–H and O–H groups in total. The van der Waals surface area contributed by atoms with E-state index in [1.165, 1.54) is 32.2 Å². The minimum atomic E-state index is 0.544. The van der Waals surface area contributed by atoms with E-state index < -0.39 is 0 Å². The summed E-state index contributed by atoms with van der Waals surface area (Å²) in [6, 6.07) is 1.25. The first-order chi connectivity index (χ1) is 8.25. The number of imidazole rings is 1. The van der Waals surface area contributed by atoms with Gasteiger partial charge in [0.05, 0.1) is 6.54 Å². The number of nitrogens with one attached hydrogen (secondary N) is 2. The van der Waals surface area contributed by atoms with Crippen molar-refractivity contribution >= 4 is 0 Å². The summed E-state index contributed by atoms with van der Waals surface area (Å²) in [4.78, 5) is 4.32. The normalized spacial score (nSPS) is 22.6. The monoisotopic (exact) mass is 236 g/mol. The van der Waals surface area contributed by atoms with E-state index in [9.17, 15) is 0 Å². The van der Waals surface area contributed by atoms with Crippen molar-refractivity contribution in [2.45, 2.75) is 51.2 Å². The van der Waals surface area contributed by atoms with Gasteiger partial charge in [-0.1, -0.05) is 6.42 Å². The average Bonchev–Trinajstić information content (AvgIpc) is 2.74. The lowest BCUT2D eigenvalue weighted by Gasteiger charge is -2.26. The molecule has 2 atom stereocenters. The second-order valence-corrected chi connectivity index (χ2v) is 5.12. The van der Waals surface area contributed by atoms with Crippen LogP contribution in [-0.4, -0.2) is 28.2 Å². The van der Waals surface area contributed by atoms with E-state index in [2.05, 4.69) is 27.1 Å². The molecule has 0 aliphatic carbocycles. The Morgan fingerprint density at radius 1 is 1.59 bits per heavy atom. The molecule has 4 nitrogen and oxygen atoms in total. The summed E-state index contributed by atoms with van der Waals surface area (Å²) in [6.45, 7) is 4.31. The third-order valence-corrected chi connectivity index (χ3v) is 3.58. The SMILES string of the molecule is CC(CC1CCCCN1)NCc1nccn1C. The Hall–Kier alpha value is -0.870. The fraction of sp³-hybridized carbons (Fsp3) is 0.769. The van der Waals surface area contributed by atoms with Gasteiger partial charge in [0.15, 0.2) is 0 Å². The minimum absolute atomic E-state index is 0.544. The van der Waals surface area contributed by atoms with Crippen LogP contribution >= 0.6 is 0 Å². The molecule has 1 aromatic heterocycles. The number of rotatable bonds is 5. The maximum Gasteiger partial charge on any atom is 0.122 e. The van der Waals surface area contributed by atoms with E-state index in [0.717, 1.165) is 12.4 Å². The van der Waals surface area contributed by atoms with Gasteiger partial charge in [-0.15, -0.1) is 0 Å². The van der Waals surface area contributed by atoms with E-state index in [4.69, 9.17) is 0 Å². The third kappa shape index (κ3) is 3.82. The highest BCUT2D eigenvalue weighted by molar-refractivity contribution is 4.91. The Balaban J connectivity index is 1.70. The Bertz CT molecular complexity index is 328. The number of aromatic nitrogens is 2. The van der Waals surface area contributed by atoms with Gasteiger partial charge in [-0.25, -0.2) is 4.98 Å². The number of hydrogen-bond donors (Lipinski definition) is 2. The minimum Gasteiger partial charge on any atom is -0.337 e. The molecular formula is C13H24N4. The van der Waals surface area contributed by atoms with Crippen molar-refractivity contribution < 1.29 is 0 Å². The van der Waals surface area contributed by atoms with E-state index in [1.807, 2.05) is 19.4 Å². The van der Waals surface area contributed by atoms with Crippen LogP contribution in [0.2, 0.25) is 0 Å². The van der Waals surface area contributed by atoms with Crippen LogP contribution in [0.1, 0.15) is 38.4 Å². The zero-order chi connectivity index (χ0) is 12.1. The van der Waals surface area contributed by atoms with E-state index in [-0.39, 0.29) is 0 Å². The first kappa shape index (κ1) is 12.6. The third-order valence-electron chi connectivity index (χ3n) is 3.58. The van der Waals surface area contributed by atoms with Crippen LogP contribution in [0.5, 0.6) is 0 Å². The molecule has 4 heteroatoms. The van der Waals surface area contributed by atoms with Crippen molar-refractivity contribution in [1.82, 2.24) is 20.2 Å². The molecule has 2 heterocycles. The van der Waals surface area contributed by atoms with E-state index >= 15 is 0 Å². The molecule has 0 radical (unpaired) electrons. The number of aryl methyl sites for hydroxylation is 1. The predicted molar refractivity (Wildman–Crippen MR) is 69.8 cm³/mol. The molecule has 2 unspecified atom stereocenters. The topological polar surface area (TPSA) is 41.9 Å². The molecule has 1 saturated heterocycles. The van der Waals surface area contributed by atoms with Gasteiger partial charge in [0.1, 0.15) is 5.82 Å². The van der Waals surface area contributed by atoms with Crippen LogP contribution < -0.4 is 10.6 Å². The van der Waals surface area contributed by atoms with Gasteiger partial charge < -0.3 is 15.2 Å². The smallest absolute Gasteiger partial charge is 0.122 e. The van der Waals surface area contributed by atoms with Crippen LogP contribution in [0.25, 0.3) is 0 Å². The van der Waals surface area contributed by atoms with Gasteiger partial charge in [0.2, 0.25) is 0 Å². The first-order valence-electron chi connectivity index (χ1n) is 6.68. The Morgan fingerprint density at radius 3 is 3.12 bits per heavy atom. The maximum atomic E-state index is 4.32. The molecule has 96 valence electrons. The van der Waals surface area contributed by atoms with E-state index in [1.54, 1.807) is 0 Å². The summed E-state index contributed by atoms with van der Waals surface area (Å²) in [6.07, 6.45) is 9.10. The van der Waals surface area contributed by atoms with Crippen molar-refractivity contribution in [3.8, 4) is 0 Å². The van der Waals surface area contributed by atoms with Crippen LogP contribution in [0.3, 0.4) is 0 Å². The second-order valence-electron chi connectivity index (χ2n) is 5.12. The fourth-order valence-corrected chi connectivity index (χ4v) is 2.47. The second kappa shape index (κ2) is 6.17. The van der Waals surface area contributed by atoms with Crippen LogP contribution in [0.15, 0.2) is 12.4 Å². The number of hydrogen-bond acceptors (Lipinski definition) is 3. The van der Waals surface area contributed by atoms with Gasteiger partial charge >= 0.3 is 0 Å². The number of piperidine rings is 1. The van der Waals surface area contributed by atoms with Crippen molar-refractivity contribution in [1.29, 1.82) is 0 Å². The Labute approximate surface area is 104 Å². The van der Waals surface area contributed by atoms with Crippen molar-refractivity contribution in [2.24, 2.45) is 7.05 Å². The molecule has 1 fully saturated rings. The summed E-state index contributed by atoms with van der Waals surface area (Å²) < 4.78 is 2.07. The molecule has 0 bridgehead atoms. The average molecular weight is 236 g/mol. The molecular weight excluding hydrogens is 212 g/mol. The van der Waals surface area contributed by atoms with Crippen LogP contribution in [-0.2, 0) is 13.6 Å². The van der Waals surface area contributed by atoms with Gasteiger partial charge in [-0.3, -0.25) is 0 Å². The largest absolute Gasteiger partial charge is 0.337 e. The Kier molecular flexibility index (Phi) is 4.57. The quantitative estimate of drug-likeness (QED) is 0.812. The van der Waals surface area contributed by atoms with Crippen LogP contribution in [0, 0.1) is 0 Å². The van der Waals surface area contributed by atoms with Gasteiger partial charge in [-0.2, -0.15) is 0 Å². The molecule has 0 amide bonds. The highest BCUT2D eigenvalue weighted by atomic mass is 15.1. The molecule has 0 spiro atoms. The zero-order valence-electron chi connectivity index (χ0n) is 10.9. The maximum absolute atomic E-state index is 4.32. The molecule has 2 rings (SSSR count). The van der Waals surface area contributed by atoms with Crippen molar-refractivity contribution in [3.63, 3.8) is 0 Å². The first-order valence-corrected chi connectivity index (χ1v) is 6.68. The lowest BCUT2D eigenvalue weighted by Crippen LogP contribution is -2.39. The van der Waals surface area contributed by atoms with Gasteiger partial charge in [0, 0.05) is 31.5 Å². The molecule has 0 saturated carbocycles. The van der Waals surface area contributed by atoms with Crippen molar-refractivity contribution in [3.05, 3.63) is 18.2 Å². The van der Waals surface area contributed by atoms with Gasteiger partial charge in [0.25, 0.3) is 0 Å². The lowest BCUT2D eigenvalue weighted by atomic mass is 9.99. The molecule has 1 aliphatic rings. The summed E-state index contributed by atoms with van der Waals surface area (Å²) in [5.41, 5.74) is 0. The molecule has 0 aromatic carbocycles. The summed E-state index contributed by atoms with van der Waals surface area (Å²) >= 11 is 0. The summed E-state index contributed by atoms with van der Waals surface area (Å²) in [5, 5.41) is 7.14. The summed E-state index contributed by atoms with van der Waals surface area (Å²) in [7, 11) is 2.04. The fourth-order valence-electron chi connectivity index (χ4n) is 2.47. The van der Waals surface area contributed by atoms with E-state index in [0.29, 0.717) is 12.1 Å². The zero-order valence-corrected chi connectivity index (χ0v) is 10.9. The molecule has 1 aromatic rings. The highest BCUT2D eigenvalue weighted by Crippen LogP contribution is 2.12. The van der Waals surface area contributed by atoms with Crippen molar-refractivity contribution in [2.75, 3.05) is 6.54 Å². The standard InChI is InChI=1S/C13H24N4/c1-11(9-12-5-3-4-6-14-12)16-10-13-15-7-8-17(13)2/h7-8,11-12,14,16H,3-6,9-10H2,1-2H3. The summed E-state index contributed by atoms with van der Waals surface area (Å²) in [5.74, 6) is 1.11.